The second-order valence-corrected chi connectivity index (χ2v) is 8.89. The molecule has 0 unspecified atom stereocenters. The molecule has 1 rings (SSSR count). The Balaban J connectivity index is 2.84. The molecule has 4 heteroatoms. The second kappa shape index (κ2) is 6.12. The Labute approximate surface area is 138 Å². The van der Waals surface area contributed by atoms with E-state index in [2.05, 4.69) is 78.5 Å². The molecule has 0 atom stereocenters. The van der Waals surface area contributed by atoms with Gasteiger partial charge in [-0.25, -0.2) is 0 Å². The fourth-order valence-corrected chi connectivity index (χ4v) is 4.03. The first-order valence-electron chi connectivity index (χ1n) is 6.27. The van der Waals surface area contributed by atoms with Crippen LogP contribution in [-0.2, 0) is 0 Å². The first-order valence-corrected chi connectivity index (χ1v) is 8.14. The fourth-order valence-electron chi connectivity index (χ4n) is 2.43. The van der Waals surface area contributed by atoms with Gasteiger partial charge in [0.25, 0.3) is 5.91 Å². The number of amides is 1. The van der Waals surface area contributed by atoms with Crippen LogP contribution in [0.2, 0.25) is 0 Å². The topological polar surface area (TPSA) is 29.1 Å². The molecule has 1 aromatic carbocycles. The molecule has 0 fully saturated rings. The monoisotopic (exact) mass is 437 g/mol. The van der Waals surface area contributed by atoms with E-state index in [-0.39, 0.29) is 16.9 Å². The summed E-state index contributed by atoms with van der Waals surface area (Å²) in [5, 5.41) is 3.12. The van der Waals surface area contributed by atoms with E-state index in [9.17, 15) is 4.79 Å². The van der Waals surface area contributed by atoms with Crippen molar-refractivity contribution in [3.63, 3.8) is 0 Å². The van der Waals surface area contributed by atoms with Gasteiger partial charge in [0, 0.05) is 19.1 Å². The summed E-state index contributed by atoms with van der Waals surface area (Å²) in [6.07, 6.45) is 0.927. The van der Waals surface area contributed by atoms with Crippen LogP contribution in [0.3, 0.4) is 0 Å². The molecule has 1 N–H and O–H groups in total. The molecule has 0 saturated heterocycles. The average molecular weight is 438 g/mol. The number of hydrogen-bond acceptors (Lipinski definition) is 1. The van der Waals surface area contributed by atoms with Crippen LogP contribution in [0.1, 0.15) is 51.4 Å². The number of nitrogens with one attached hydrogen (secondary N) is 1. The van der Waals surface area contributed by atoms with Crippen LogP contribution in [0.5, 0.6) is 0 Å². The third-order valence-electron chi connectivity index (χ3n) is 2.55. The third-order valence-corrected chi connectivity index (χ3v) is 3.63. The van der Waals surface area contributed by atoms with Crippen molar-refractivity contribution in [2.45, 2.75) is 46.6 Å². The van der Waals surface area contributed by atoms with Crippen LogP contribution in [0.25, 0.3) is 0 Å². The van der Waals surface area contributed by atoms with Crippen molar-refractivity contribution in [2.75, 3.05) is 0 Å². The molecule has 0 aromatic heterocycles. The molecule has 1 amide bonds. The van der Waals surface area contributed by atoms with Crippen molar-refractivity contribution in [3.8, 4) is 0 Å². The molecule has 0 heterocycles. The Hall–Kier alpha value is -0.100. The van der Waals surface area contributed by atoms with Gasteiger partial charge in [-0.3, -0.25) is 4.79 Å². The van der Waals surface area contributed by atoms with Crippen molar-refractivity contribution in [1.82, 2.24) is 5.32 Å². The maximum absolute atomic E-state index is 12.3. The lowest BCUT2D eigenvalue weighted by molar-refractivity contribution is 0.0891. The van der Waals surface area contributed by atoms with Gasteiger partial charge in [0.05, 0.1) is 0 Å². The lowest BCUT2D eigenvalue weighted by Crippen LogP contribution is -2.45. The smallest absolute Gasteiger partial charge is 0.251 e. The highest BCUT2D eigenvalue weighted by atomic mass is 127. The molecule has 106 valence electrons. The average Bonchev–Trinajstić information content (AvgIpc) is 2.10. The van der Waals surface area contributed by atoms with E-state index >= 15 is 0 Å². The summed E-state index contributed by atoms with van der Waals surface area (Å²) in [5.74, 6) is -0.0199. The molecule has 19 heavy (non-hydrogen) atoms. The van der Waals surface area contributed by atoms with Gasteiger partial charge in [-0.15, -0.1) is 0 Å². The van der Waals surface area contributed by atoms with Crippen LogP contribution < -0.4 is 5.32 Å². The SMILES string of the molecule is CC(C)(C)CC(C)(C)NC(=O)c1cc(Br)cc(I)c1. The van der Waals surface area contributed by atoms with E-state index in [1.807, 2.05) is 18.2 Å². The number of halogens is 2. The molecule has 1 aromatic rings. The van der Waals surface area contributed by atoms with Crippen LogP contribution in [-0.4, -0.2) is 11.4 Å². The number of carbonyl (C=O) groups is 1. The minimum Gasteiger partial charge on any atom is -0.347 e. The summed E-state index contributed by atoms with van der Waals surface area (Å²) in [4.78, 5) is 12.3. The summed E-state index contributed by atoms with van der Waals surface area (Å²) in [6.45, 7) is 10.7. The third kappa shape index (κ3) is 6.25. The number of rotatable bonds is 3. The summed E-state index contributed by atoms with van der Waals surface area (Å²) < 4.78 is 1.98. The molecule has 0 aliphatic carbocycles. The van der Waals surface area contributed by atoms with E-state index in [4.69, 9.17) is 0 Å². The Morgan fingerprint density at radius 2 is 1.79 bits per heavy atom. The van der Waals surface area contributed by atoms with Crippen LogP contribution in [0.15, 0.2) is 22.7 Å². The zero-order valence-corrected chi connectivity index (χ0v) is 15.8. The fraction of sp³-hybridized carbons (Fsp3) is 0.533. The standard InChI is InChI=1S/C15H21BrINO/c1-14(2,3)9-15(4,5)18-13(19)10-6-11(16)8-12(17)7-10/h6-8H,9H2,1-5H3,(H,18,19). The lowest BCUT2D eigenvalue weighted by atomic mass is 9.81. The quantitative estimate of drug-likeness (QED) is 0.662. The first-order chi connectivity index (χ1) is 8.48. The Morgan fingerprint density at radius 1 is 1.21 bits per heavy atom. The van der Waals surface area contributed by atoms with Crippen LogP contribution in [0, 0.1) is 8.99 Å². The van der Waals surface area contributed by atoms with E-state index in [0.717, 1.165) is 14.5 Å². The van der Waals surface area contributed by atoms with E-state index in [1.165, 1.54) is 0 Å². The molecule has 0 bridgehead atoms. The van der Waals surface area contributed by atoms with Gasteiger partial charge in [0.1, 0.15) is 0 Å². The van der Waals surface area contributed by atoms with Gasteiger partial charge in [0.2, 0.25) is 0 Å². The van der Waals surface area contributed by atoms with Crippen molar-refractivity contribution in [1.29, 1.82) is 0 Å². The summed E-state index contributed by atoms with van der Waals surface area (Å²) in [7, 11) is 0. The highest BCUT2D eigenvalue weighted by molar-refractivity contribution is 14.1. The number of benzene rings is 1. The second-order valence-electron chi connectivity index (χ2n) is 6.73. The molecule has 2 nitrogen and oxygen atoms in total. The van der Waals surface area contributed by atoms with E-state index in [1.54, 1.807) is 0 Å². The maximum Gasteiger partial charge on any atom is 0.251 e. The number of hydrogen-bond donors (Lipinski definition) is 1. The Morgan fingerprint density at radius 3 is 2.26 bits per heavy atom. The summed E-state index contributed by atoms with van der Waals surface area (Å²) in [5.41, 5.74) is 0.659. The summed E-state index contributed by atoms with van der Waals surface area (Å²) >= 11 is 5.64. The van der Waals surface area contributed by atoms with Crippen molar-refractivity contribution >= 4 is 44.4 Å². The van der Waals surface area contributed by atoms with E-state index in [0.29, 0.717) is 5.56 Å². The van der Waals surface area contributed by atoms with Crippen LogP contribution in [0.4, 0.5) is 0 Å². The normalized spacial score (nSPS) is 12.4. The van der Waals surface area contributed by atoms with Crippen molar-refractivity contribution < 1.29 is 4.79 Å². The highest BCUT2D eigenvalue weighted by Gasteiger charge is 2.27. The molecule has 0 aliphatic rings. The van der Waals surface area contributed by atoms with Gasteiger partial charge < -0.3 is 5.32 Å². The van der Waals surface area contributed by atoms with E-state index < -0.39 is 0 Å². The Kier molecular flexibility index (Phi) is 5.46. The van der Waals surface area contributed by atoms with Gasteiger partial charge in [-0.1, -0.05) is 36.7 Å². The molecule has 0 spiro atoms. The van der Waals surface area contributed by atoms with Gasteiger partial charge in [-0.05, 0) is 66.5 Å². The largest absolute Gasteiger partial charge is 0.347 e. The first kappa shape index (κ1) is 17.0. The maximum atomic E-state index is 12.3. The molecular weight excluding hydrogens is 417 g/mol. The van der Waals surface area contributed by atoms with Gasteiger partial charge >= 0.3 is 0 Å². The zero-order chi connectivity index (χ0) is 14.8. The van der Waals surface area contributed by atoms with Crippen molar-refractivity contribution in [3.05, 3.63) is 31.8 Å². The molecule has 0 saturated carbocycles. The molecule has 0 aliphatic heterocycles. The van der Waals surface area contributed by atoms with Gasteiger partial charge in [-0.2, -0.15) is 0 Å². The molecule has 0 radical (unpaired) electrons. The van der Waals surface area contributed by atoms with Crippen molar-refractivity contribution in [2.24, 2.45) is 5.41 Å². The number of carbonyl (C=O) groups excluding carboxylic acids is 1. The van der Waals surface area contributed by atoms with Crippen LogP contribution >= 0.6 is 38.5 Å². The Bertz CT molecular complexity index is 457. The predicted molar refractivity (Wildman–Crippen MR) is 92.5 cm³/mol. The van der Waals surface area contributed by atoms with Gasteiger partial charge in [0.15, 0.2) is 0 Å². The highest BCUT2D eigenvalue weighted by Crippen LogP contribution is 2.27. The zero-order valence-electron chi connectivity index (χ0n) is 12.1. The molecular formula is C15H21BrINO. The summed E-state index contributed by atoms with van der Waals surface area (Å²) in [6, 6.07) is 5.73. The minimum absolute atomic E-state index is 0.0199. The minimum atomic E-state index is -0.219. The predicted octanol–water partition coefficient (Wildman–Crippen LogP) is 5.00. The lowest BCUT2D eigenvalue weighted by Gasteiger charge is -2.33.